The normalized spacial score (nSPS) is 19.2. The molecule has 17 rings (SSSR count). The van der Waals surface area contributed by atoms with Gasteiger partial charge in [-0.3, -0.25) is 72.2 Å². The lowest BCUT2D eigenvalue weighted by Gasteiger charge is -2.34. The highest BCUT2D eigenvalue weighted by molar-refractivity contribution is 7.91. The molecule has 54 heteroatoms. The highest BCUT2D eigenvalue weighted by Crippen LogP contribution is 2.44. The van der Waals surface area contributed by atoms with E-state index in [9.17, 15) is 105 Å². The molecular weight excluding hydrogens is 1990 g/mol. The van der Waals surface area contributed by atoms with Gasteiger partial charge in [0.25, 0.3) is 0 Å². The number of imide groups is 3. The average molecular weight is 2100 g/mol. The van der Waals surface area contributed by atoms with Crippen molar-refractivity contribution in [1.29, 1.82) is 0 Å². The molecule has 0 radical (unpaired) electrons. The van der Waals surface area contributed by atoms with Gasteiger partial charge in [-0.2, -0.15) is 0 Å². The highest BCUT2D eigenvalue weighted by atomic mass is 32.2. The van der Waals surface area contributed by atoms with Crippen molar-refractivity contribution in [3.63, 3.8) is 0 Å². The minimum Gasteiger partial charge on any atom is -0.536 e. The van der Waals surface area contributed by atoms with E-state index in [2.05, 4.69) is 41.2 Å². The smallest absolute Gasteiger partial charge is 0.526 e. The van der Waals surface area contributed by atoms with Crippen LogP contribution in [-0.2, 0) is 83.5 Å². The summed E-state index contributed by atoms with van der Waals surface area (Å²) in [6.45, 7) is 13.2. The van der Waals surface area contributed by atoms with Crippen LogP contribution in [0.25, 0.3) is 0 Å². The molecule has 4 aromatic heterocycles. The summed E-state index contributed by atoms with van der Waals surface area (Å²) in [7, 11) is -8.26. The SMILES string of the molecule is CC(=O)c1cccc2c1OB(O)[C@@H](CC(=O)C(NC(=O)N1CCS(=O)(=O)CC1)c1csc(N)n1)C2.CCN1C(=O)CN(C(=O)NC(C(=O)C[C@H]2Cc3cccc(C(C)=O)c3OB2O)c2csc(N)n2)CC1=O.Cc1cccc2c1OB(O)[C@@H](CC(=O)C(NC(=O)N1CCN(CC(C)C)C(=O)C1=O)c1csc(N)n1)C2.Cc1cccc2c1OB(O)[C@@H](CC(=O)C(NC(=O)N1CCN(CC3CC3)C(=O)C1=O)c1csc(N)n1)C2. The molecule has 16 N–H and O–H groups in total. The molecule has 1 aliphatic carbocycles. The number of nitrogens with one attached hydrogen (secondary N) is 4. The summed E-state index contributed by atoms with van der Waals surface area (Å²) in [5.74, 6) is -6.76. The number of nitrogens with zero attached hydrogens (tertiary/aromatic N) is 11. The Labute approximate surface area is 855 Å². The Morgan fingerprint density at radius 2 is 0.753 bits per heavy atom. The van der Waals surface area contributed by atoms with Crippen molar-refractivity contribution >= 4 is 198 Å². The van der Waals surface area contributed by atoms with Gasteiger partial charge in [-0.25, -0.2) is 47.5 Å². The molecule has 146 heavy (non-hydrogen) atoms. The lowest BCUT2D eigenvalue weighted by atomic mass is 9.64. The van der Waals surface area contributed by atoms with Gasteiger partial charge in [-0.05, 0) is 130 Å². The quantitative estimate of drug-likeness (QED) is 0.0145. The number of fused-ring (bicyclic) bond motifs is 4. The summed E-state index contributed by atoms with van der Waals surface area (Å²) < 4.78 is 46.0. The van der Waals surface area contributed by atoms with Crippen molar-refractivity contribution in [3.05, 3.63) is 162 Å². The number of thiazole rings is 4. The molecule has 9 aliphatic rings. The van der Waals surface area contributed by atoms with Gasteiger partial charge in [0.05, 0.1) is 45.4 Å². The van der Waals surface area contributed by atoms with Gasteiger partial charge in [-0.1, -0.05) is 74.5 Å². The summed E-state index contributed by atoms with van der Waals surface area (Å²) >= 11 is 4.42. The van der Waals surface area contributed by atoms with Crippen LogP contribution in [0.1, 0.15) is 174 Å². The Balaban J connectivity index is 0.000000154. The van der Waals surface area contributed by atoms with Gasteiger partial charge < -0.3 is 103 Å². The number of carbonyl (C=O) groups excluding carboxylic acids is 16. The molecule has 4 aromatic carbocycles. The van der Waals surface area contributed by atoms with Crippen LogP contribution < -0.4 is 62.8 Å². The number of piperazine rings is 3. The molecule has 4 saturated heterocycles. The summed E-state index contributed by atoms with van der Waals surface area (Å²) in [6.07, 6.45) is 2.91. The zero-order valence-electron chi connectivity index (χ0n) is 80.6. The number of benzene rings is 4. The second-order valence-corrected chi connectivity index (χ2v) is 43.0. The second-order valence-electron chi connectivity index (χ2n) is 37.2. The van der Waals surface area contributed by atoms with E-state index in [1.165, 1.54) is 33.9 Å². The van der Waals surface area contributed by atoms with Gasteiger partial charge in [-0.15, -0.1) is 45.3 Å². The number of Topliss-reactive ketones (excluding diaryl/α,β-unsaturated/α-hetero) is 6. The third-order valence-corrected chi connectivity index (χ3v) is 30.3. The Kier molecular flexibility index (Phi) is 34.7. The molecule has 4 unspecified atom stereocenters. The third kappa shape index (κ3) is 26.1. The van der Waals surface area contributed by atoms with Crippen molar-refractivity contribution in [2.24, 2.45) is 11.8 Å². The molecule has 14 amide bonds. The third-order valence-electron chi connectivity index (χ3n) is 25.9. The van der Waals surface area contributed by atoms with Gasteiger partial charge in [0, 0.05) is 129 Å². The van der Waals surface area contributed by atoms with Crippen molar-refractivity contribution in [2.75, 3.05) is 106 Å². The fraction of sp³-hybridized carbons (Fsp3) is 0.435. The van der Waals surface area contributed by atoms with E-state index in [-0.39, 0.29) is 163 Å². The maximum absolute atomic E-state index is 13.5. The lowest BCUT2D eigenvalue weighted by Crippen LogP contribution is -2.59. The summed E-state index contributed by atoms with van der Waals surface area (Å²) in [5, 5.41) is 59.8. The van der Waals surface area contributed by atoms with Crippen LogP contribution in [0.2, 0.25) is 23.3 Å². The number of ketones is 6. The van der Waals surface area contributed by atoms with Crippen LogP contribution in [0.15, 0.2) is 94.3 Å². The summed E-state index contributed by atoms with van der Waals surface area (Å²) in [4.78, 5) is 229. The number of aryl methyl sites for hydroxylation is 2. The minimum atomic E-state index is -3.18. The first-order valence-electron chi connectivity index (χ1n) is 47.1. The minimum absolute atomic E-state index is 0.00849. The molecule has 12 heterocycles. The van der Waals surface area contributed by atoms with E-state index in [4.69, 9.17) is 41.6 Å². The Morgan fingerprint density at radius 3 is 1.08 bits per heavy atom. The van der Waals surface area contributed by atoms with Crippen LogP contribution >= 0.6 is 45.3 Å². The maximum Gasteiger partial charge on any atom is 0.526 e. The predicted octanol–water partition coefficient (Wildman–Crippen LogP) is 4.53. The van der Waals surface area contributed by atoms with Crippen LogP contribution in [0.5, 0.6) is 23.0 Å². The average Bonchev–Trinajstić information content (AvgIpc) is 1.34. The molecule has 8 aromatic rings. The lowest BCUT2D eigenvalue weighted by molar-refractivity contribution is -0.154. The zero-order chi connectivity index (χ0) is 105. The van der Waals surface area contributed by atoms with Gasteiger partial charge in [0.1, 0.15) is 60.3 Å². The van der Waals surface area contributed by atoms with Crippen molar-refractivity contribution in [2.45, 2.75) is 160 Å². The maximum atomic E-state index is 13.5. The first-order valence-corrected chi connectivity index (χ1v) is 52.5. The van der Waals surface area contributed by atoms with Gasteiger partial charge in [0.2, 0.25) is 11.8 Å². The Bertz CT molecular complexity index is 6310. The zero-order valence-corrected chi connectivity index (χ0v) is 84.7. The van der Waals surface area contributed by atoms with Crippen LogP contribution in [0, 0.1) is 25.7 Å². The van der Waals surface area contributed by atoms with Crippen LogP contribution in [-0.4, -0.2) is 289 Å². The van der Waals surface area contributed by atoms with Crippen LogP contribution in [0.3, 0.4) is 0 Å². The number of hydrogen-bond acceptors (Lipinski definition) is 38. The summed E-state index contributed by atoms with van der Waals surface area (Å²) in [5.41, 5.74) is 29.6. The van der Waals surface area contributed by atoms with E-state index < -0.39 is 168 Å². The van der Waals surface area contributed by atoms with E-state index in [0.717, 1.165) is 100 Å². The molecule has 770 valence electrons. The Hall–Kier alpha value is -13.6. The molecule has 5 fully saturated rings. The molecule has 0 bridgehead atoms. The number of likely N-dealkylation sites (N-methyl/N-ethyl adjacent to an activating group) is 1. The number of hydrogen-bond donors (Lipinski definition) is 12. The molecular formula is C92H109B4N19O26S5. The number of nitrogens with two attached hydrogens (primary N) is 4. The summed E-state index contributed by atoms with van der Waals surface area (Å²) in [6, 6.07) is 13.6. The fourth-order valence-electron chi connectivity index (χ4n) is 18.1. The fourth-order valence-corrected chi connectivity index (χ4v) is 21.6. The van der Waals surface area contributed by atoms with Crippen molar-refractivity contribution < 1.29 is 124 Å². The number of sulfone groups is 1. The molecule has 1 saturated carbocycles. The number of aromatic nitrogens is 4. The molecule has 8 atom stereocenters. The van der Waals surface area contributed by atoms with E-state index in [0.29, 0.717) is 83.5 Å². The predicted molar refractivity (Wildman–Crippen MR) is 538 cm³/mol. The monoisotopic (exact) mass is 2100 g/mol. The number of carbonyl (C=O) groups is 16. The van der Waals surface area contributed by atoms with Crippen molar-refractivity contribution in [1.82, 2.24) is 75.5 Å². The largest absolute Gasteiger partial charge is 0.536 e. The van der Waals surface area contributed by atoms with Crippen LogP contribution in [0.4, 0.5) is 39.7 Å². The highest BCUT2D eigenvalue weighted by Gasteiger charge is 2.48. The van der Waals surface area contributed by atoms with E-state index >= 15 is 0 Å². The van der Waals surface area contributed by atoms with Gasteiger partial charge >= 0.3 is 76.2 Å². The number of para-hydroxylation sites is 4. The van der Waals surface area contributed by atoms with E-state index in [1.54, 1.807) is 59.5 Å². The number of amides is 14. The second kappa shape index (κ2) is 46.8. The van der Waals surface area contributed by atoms with Gasteiger partial charge in [0.15, 0.2) is 65.1 Å². The molecule has 45 nitrogen and oxygen atoms in total. The first-order chi connectivity index (χ1) is 69.4. The number of urea groups is 4. The first kappa shape index (κ1) is 108. The Morgan fingerprint density at radius 1 is 0.438 bits per heavy atom. The standard InChI is InChI=1S/C24H28BN5O6S.C24H30BN5O6S.C23H26BN5O7S.C21H25BN4O7S2/c1-13-3-2-4-15-9-16(25(35)36-20(13)15)10-18(31)19(17-12-37-23(26)27-17)28-24(34)30-8-7-29(11-14-5-6-14)21(32)22(30)33;1-13(2)11-29-7-8-30(22(33)21(29)32)24(34)28-19(17-12-37-23(26)27-17)18(31)10-16-9-15-6-4-5-14(3)20(15)36-25(16)35;1-3-29-18(32)9-28(10-19(29)33)23(34)27-20(16-11-37-22(25)26-16)17(31)8-14-7-13-5-4-6-15(12(2)30)21(13)36-24(14)35;1-12(27)15-4-2-3-13-9-14(22(30)33-19(13)15)10-17(28)18(16-11-34-20(23)24-16)25-21(29)26-5-7-35(31,32)8-6-26/h2-4,12,14,16,19,35H,5-11H2,1H3,(H2,26,27)(H,28,34);4-6,12-13,16,19,35H,7-11H2,1-3H3,(H2,26,27)(H,28,34);4-6,11,14,20,35H,3,7-10H2,1-2H3,(H2,25,26)(H,27,34);2-4,11,14,18,30H,5-10H2,1H3,(H2,23,24)(H,25,29)/t2*16-,19?;14-,20?;14-,18?/m1111/s1. The topological polar surface area (TPSA) is 652 Å². The number of anilines is 4. The number of nitrogen functional groups attached to an aromatic ring is 4. The number of rotatable bonds is 27. The molecule has 0 spiro atoms. The molecule has 8 aliphatic heterocycles. The van der Waals surface area contributed by atoms with E-state index in [1.807, 2.05) is 64.1 Å². The van der Waals surface area contributed by atoms with Crippen molar-refractivity contribution in [3.8, 4) is 23.0 Å².